The maximum Gasteiger partial charge on any atom is 0.280 e. The van der Waals surface area contributed by atoms with Gasteiger partial charge in [-0.3, -0.25) is 9.78 Å². The van der Waals surface area contributed by atoms with Gasteiger partial charge in [0, 0.05) is 16.8 Å². The van der Waals surface area contributed by atoms with Crippen LogP contribution in [-0.2, 0) is 4.79 Å². The van der Waals surface area contributed by atoms with Crippen LogP contribution in [-0.4, -0.2) is 22.7 Å². The molecule has 0 unspecified atom stereocenters. The standard InChI is InChI=1S/C22H20ClN3O2/c1-15-14-18(23)11-12-20(15)28-16(2)22(27)26-25-21(17-8-4-3-5-9-17)19-10-6-7-13-24-19/h3-14,16H,1-2H3,(H,26,27)/b25-21-/t16-/m1/s1. The molecule has 0 aliphatic rings. The third-order valence-corrected chi connectivity index (χ3v) is 4.28. The van der Waals surface area contributed by atoms with Crippen LogP contribution in [0.5, 0.6) is 5.75 Å². The van der Waals surface area contributed by atoms with Crippen molar-refractivity contribution in [3.63, 3.8) is 0 Å². The molecule has 0 fully saturated rings. The number of pyridine rings is 1. The second-order valence-corrected chi connectivity index (χ2v) is 6.62. The molecule has 1 atom stereocenters. The Balaban J connectivity index is 1.77. The molecular formula is C22H20ClN3O2. The fraction of sp³-hybridized carbons (Fsp3) is 0.136. The van der Waals surface area contributed by atoms with Gasteiger partial charge in [0.05, 0.1) is 5.69 Å². The summed E-state index contributed by atoms with van der Waals surface area (Å²) in [5.74, 6) is 0.239. The lowest BCUT2D eigenvalue weighted by Gasteiger charge is -2.15. The molecule has 0 aliphatic carbocycles. The Morgan fingerprint density at radius 1 is 1.11 bits per heavy atom. The minimum Gasteiger partial charge on any atom is -0.481 e. The molecule has 0 spiro atoms. The van der Waals surface area contributed by atoms with Gasteiger partial charge in [0.1, 0.15) is 11.5 Å². The van der Waals surface area contributed by atoms with Crippen molar-refractivity contribution in [1.29, 1.82) is 0 Å². The van der Waals surface area contributed by atoms with E-state index < -0.39 is 6.10 Å². The first kappa shape index (κ1) is 19.6. The zero-order chi connectivity index (χ0) is 19.9. The smallest absolute Gasteiger partial charge is 0.280 e. The van der Waals surface area contributed by atoms with Gasteiger partial charge in [0.15, 0.2) is 6.10 Å². The van der Waals surface area contributed by atoms with Crippen LogP contribution < -0.4 is 10.2 Å². The Labute approximate surface area is 169 Å². The number of nitrogens with one attached hydrogen (secondary N) is 1. The van der Waals surface area contributed by atoms with E-state index in [2.05, 4.69) is 15.5 Å². The minimum atomic E-state index is -0.732. The number of carbonyl (C=O) groups is 1. The summed E-state index contributed by atoms with van der Waals surface area (Å²) in [6.07, 6.45) is 0.953. The molecule has 0 saturated carbocycles. The number of benzene rings is 2. The molecule has 2 aromatic carbocycles. The van der Waals surface area contributed by atoms with Gasteiger partial charge in [0.2, 0.25) is 0 Å². The summed E-state index contributed by atoms with van der Waals surface area (Å²) in [5, 5.41) is 4.94. The number of amides is 1. The van der Waals surface area contributed by atoms with Crippen molar-refractivity contribution in [3.05, 3.63) is 94.8 Å². The minimum absolute atomic E-state index is 0.362. The monoisotopic (exact) mass is 393 g/mol. The van der Waals surface area contributed by atoms with Crippen LogP contribution in [0.25, 0.3) is 0 Å². The summed E-state index contributed by atoms with van der Waals surface area (Å²) < 4.78 is 5.75. The van der Waals surface area contributed by atoms with Crippen LogP contribution in [0.3, 0.4) is 0 Å². The van der Waals surface area contributed by atoms with Crippen LogP contribution in [0.4, 0.5) is 0 Å². The molecule has 28 heavy (non-hydrogen) atoms. The molecule has 1 amide bonds. The van der Waals surface area contributed by atoms with Gasteiger partial charge in [0.25, 0.3) is 5.91 Å². The van der Waals surface area contributed by atoms with Crippen LogP contribution >= 0.6 is 11.6 Å². The van der Waals surface area contributed by atoms with Gasteiger partial charge in [-0.1, -0.05) is 48.0 Å². The summed E-state index contributed by atoms with van der Waals surface area (Å²) in [4.78, 5) is 16.8. The van der Waals surface area contributed by atoms with E-state index in [4.69, 9.17) is 16.3 Å². The summed E-state index contributed by atoms with van der Waals surface area (Å²) >= 11 is 5.96. The molecule has 0 bridgehead atoms. The molecule has 1 aromatic heterocycles. The van der Waals surface area contributed by atoms with E-state index in [1.54, 1.807) is 31.3 Å². The molecule has 1 heterocycles. The van der Waals surface area contributed by atoms with Gasteiger partial charge in [-0.25, -0.2) is 5.43 Å². The fourth-order valence-corrected chi connectivity index (χ4v) is 2.79. The number of carbonyl (C=O) groups excluding carboxylic acids is 1. The Morgan fingerprint density at radius 3 is 2.54 bits per heavy atom. The van der Waals surface area contributed by atoms with E-state index in [1.807, 2.05) is 55.5 Å². The van der Waals surface area contributed by atoms with Crippen LogP contribution in [0.2, 0.25) is 5.02 Å². The predicted molar refractivity (Wildman–Crippen MR) is 111 cm³/mol. The molecule has 1 N–H and O–H groups in total. The number of halogens is 1. The van der Waals surface area contributed by atoms with Gasteiger partial charge in [-0.2, -0.15) is 5.10 Å². The Morgan fingerprint density at radius 2 is 1.86 bits per heavy atom. The van der Waals surface area contributed by atoms with Crippen molar-refractivity contribution in [3.8, 4) is 5.75 Å². The molecular weight excluding hydrogens is 374 g/mol. The topological polar surface area (TPSA) is 63.6 Å². The Hall–Kier alpha value is -3.18. The molecule has 3 aromatic rings. The maximum absolute atomic E-state index is 12.5. The van der Waals surface area contributed by atoms with Crippen molar-refractivity contribution in [2.75, 3.05) is 0 Å². The summed E-state index contributed by atoms with van der Waals surface area (Å²) in [6.45, 7) is 3.54. The number of nitrogens with zero attached hydrogens (tertiary/aromatic N) is 2. The van der Waals surface area contributed by atoms with E-state index in [1.165, 1.54) is 0 Å². The lowest BCUT2D eigenvalue weighted by molar-refractivity contribution is -0.127. The van der Waals surface area contributed by atoms with Crippen molar-refractivity contribution < 1.29 is 9.53 Å². The first-order chi connectivity index (χ1) is 13.5. The average molecular weight is 394 g/mol. The fourth-order valence-electron chi connectivity index (χ4n) is 2.56. The van der Waals surface area contributed by atoms with Gasteiger partial charge in [-0.05, 0) is 49.7 Å². The Bertz CT molecular complexity index is 934. The second kappa shape index (κ2) is 9.15. The van der Waals surface area contributed by atoms with Crippen molar-refractivity contribution in [2.24, 2.45) is 5.10 Å². The first-order valence-corrected chi connectivity index (χ1v) is 9.19. The number of aromatic nitrogens is 1. The summed E-state index contributed by atoms with van der Waals surface area (Å²) in [5.41, 5.74) is 5.53. The van der Waals surface area contributed by atoms with Crippen molar-refractivity contribution in [1.82, 2.24) is 10.4 Å². The normalized spacial score (nSPS) is 12.3. The van der Waals surface area contributed by atoms with Crippen LogP contribution in [0.1, 0.15) is 23.7 Å². The van der Waals surface area contributed by atoms with Crippen molar-refractivity contribution >= 4 is 23.2 Å². The van der Waals surface area contributed by atoms with E-state index in [9.17, 15) is 4.79 Å². The molecule has 0 aliphatic heterocycles. The van der Waals surface area contributed by atoms with E-state index in [0.717, 1.165) is 11.1 Å². The molecule has 142 valence electrons. The van der Waals surface area contributed by atoms with E-state index in [-0.39, 0.29) is 5.91 Å². The number of hydrogen-bond acceptors (Lipinski definition) is 4. The highest BCUT2D eigenvalue weighted by Gasteiger charge is 2.16. The molecule has 6 heteroatoms. The Kier molecular flexibility index (Phi) is 6.40. The average Bonchev–Trinajstić information content (AvgIpc) is 2.71. The van der Waals surface area contributed by atoms with Crippen molar-refractivity contribution in [2.45, 2.75) is 20.0 Å². The largest absolute Gasteiger partial charge is 0.481 e. The number of hydrogen-bond donors (Lipinski definition) is 1. The highest BCUT2D eigenvalue weighted by molar-refractivity contribution is 6.30. The summed E-state index contributed by atoms with van der Waals surface area (Å²) in [7, 11) is 0. The number of ether oxygens (including phenoxy) is 1. The third-order valence-electron chi connectivity index (χ3n) is 4.04. The SMILES string of the molecule is Cc1cc(Cl)ccc1O[C@H](C)C(=O)N/N=C(/c1ccccc1)c1ccccn1. The van der Waals surface area contributed by atoms with Gasteiger partial charge in [-0.15, -0.1) is 0 Å². The first-order valence-electron chi connectivity index (χ1n) is 8.82. The third kappa shape index (κ3) is 4.96. The highest BCUT2D eigenvalue weighted by atomic mass is 35.5. The maximum atomic E-state index is 12.5. The quantitative estimate of drug-likeness (QED) is 0.499. The second-order valence-electron chi connectivity index (χ2n) is 6.19. The molecule has 0 radical (unpaired) electrons. The van der Waals surface area contributed by atoms with Gasteiger partial charge >= 0.3 is 0 Å². The zero-order valence-electron chi connectivity index (χ0n) is 15.6. The molecule has 3 rings (SSSR count). The lowest BCUT2D eigenvalue weighted by Crippen LogP contribution is -2.34. The zero-order valence-corrected chi connectivity index (χ0v) is 16.4. The number of aryl methyl sites for hydroxylation is 1. The lowest BCUT2D eigenvalue weighted by atomic mass is 10.1. The van der Waals surface area contributed by atoms with Gasteiger partial charge < -0.3 is 4.74 Å². The number of hydrazone groups is 1. The van der Waals surface area contributed by atoms with E-state index in [0.29, 0.717) is 22.2 Å². The predicted octanol–water partition coefficient (Wildman–Crippen LogP) is 4.38. The molecule has 5 nitrogen and oxygen atoms in total. The van der Waals surface area contributed by atoms with E-state index >= 15 is 0 Å². The van der Waals surface area contributed by atoms with Crippen LogP contribution in [0, 0.1) is 6.92 Å². The van der Waals surface area contributed by atoms with Crippen LogP contribution in [0.15, 0.2) is 78.0 Å². The summed E-state index contributed by atoms with van der Waals surface area (Å²) in [6, 6.07) is 20.4. The number of rotatable bonds is 6. The highest BCUT2D eigenvalue weighted by Crippen LogP contribution is 2.22. The molecule has 0 saturated heterocycles.